The van der Waals surface area contributed by atoms with E-state index in [9.17, 15) is 20.0 Å². The molecule has 0 bridgehead atoms. The van der Waals surface area contributed by atoms with Gasteiger partial charge in [-0.1, -0.05) is 17.4 Å². The molecule has 5 nitrogen and oxygen atoms in total. The standard InChI is InChI=1S/C7H4ClNO4/c8-5-2-7(11)4(3-10)1-6(5)9(12)13/h1-3,11H/p-1. The molecule has 0 fully saturated rings. The molecule has 0 atom stereocenters. The summed E-state index contributed by atoms with van der Waals surface area (Å²) in [5.74, 6) is -0.620. The van der Waals surface area contributed by atoms with Gasteiger partial charge in [-0.3, -0.25) is 14.9 Å². The van der Waals surface area contributed by atoms with Crippen molar-refractivity contribution < 1.29 is 14.8 Å². The third-order valence-corrected chi connectivity index (χ3v) is 1.71. The molecule has 13 heavy (non-hydrogen) atoms. The second kappa shape index (κ2) is 3.40. The molecule has 0 aliphatic rings. The Balaban J connectivity index is 3.38. The molecule has 0 heterocycles. The zero-order chi connectivity index (χ0) is 10.0. The second-order valence-corrected chi connectivity index (χ2v) is 2.62. The molecule has 0 spiro atoms. The highest BCUT2D eigenvalue weighted by Gasteiger charge is 2.12. The molecule has 0 saturated carbocycles. The highest BCUT2D eigenvalue weighted by molar-refractivity contribution is 6.32. The molecule has 0 amide bonds. The van der Waals surface area contributed by atoms with Crippen molar-refractivity contribution in [1.29, 1.82) is 0 Å². The number of hydrogen-bond donors (Lipinski definition) is 0. The number of halogens is 1. The maximum Gasteiger partial charge on any atom is 0.288 e. The molecule has 0 radical (unpaired) electrons. The lowest BCUT2D eigenvalue weighted by atomic mass is 10.2. The van der Waals surface area contributed by atoms with Crippen molar-refractivity contribution in [2.24, 2.45) is 0 Å². The molecule has 1 rings (SSSR count). The summed E-state index contributed by atoms with van der Waals surface area (Å²) >= 11 is 5.40. The van der Waals surface area contributed by atoms with Gasteiger partial charge in [0, 0.05) is 11.6 Å². The second-order valence-electron chi connectivity index (χ2n) is 2.22. The van der Waals surface area contributed by atoms with Crippen molar-refractivity contribution >= 4 is 23.6 Å². The molecular weight excluding hydrogens is 198 g/mol. The molecule has 0 aromatic heterocycles. The van der Waals surface area contributed by atoms with E-state index in [1.165, 1.54) is 0 Å². The minimum atomic E-state index is -0.755. The van der Waals surface area contributed by atoms with E-state index in [1.54, 1.807) is 0 Å². The summed E-state index contributed by atoms with van der Waals surface area (Å²) in [6.45, 7) is 0. The minimum absolute atomic E-state index is 0.256. The van der Waals surface area contributed by atoms with Crippen LogP contribution in [0.15, 0.2) is 12.1 Å². The van der Waals surface area contributed by atoms with E-state index in [0.29, 0.717) is 0 Å². The van der Waals surface area contributed by atoms with Crippen LogP contribution in [-0.4, -0.2) is 11.2 Å². The van der Waals surface area contributed by atoms with E-state index in [-0.39, 0.29) is 16.9 Å². The van der Waals surface area contributed by atoms with Gasteiger partial charge < -0.3 is 5.11 Å². The first-order valence-corrected chi connectivity index (χ1v) is 3.54. The third kappa shape index (κ3) is 1.75. The number of nitro benzene ring substituents is 1. The number of carbonyl (C=O) groups excluding carboxylic acids is 1. The van der Waals surface area contributed by atoms with E-state index >= 15 is 0 Å². The average Bonchev–Trinajstić information content (AvgIpc) is 2.03. The Hall–Kier alpha value is -1.62. The fourth-order valence-corrected chi connectivity index (χ4v) is 1.01. The third-order valence-electron chi connectivity index (χ3n) is 1.40. The summed E-state index contributed by atoms with van der Waals surface area (Å²) < 4.78 is 0. The molecule has 0 aliphatic carbocycles. The van der Waals surface area contributed by atoms with Crippen molar-refractivity contribution in [3.8, 4) is 5.75 Å². The molecule has 0 saturated heterocycles. The highest BCUT2D eigenvalue weighted by atomic mass is 35.5. The van der Waals surface area contributed by atoms with Crippen LogP contribution in [-0.2, 0) is 0 Å². The van der Waals surface area contributed by atoms with Crippen molar-refractivity contribution in [2.75, 3.05) is 0 Å². The van der Waals surface area contributed by atoms with Crippen LogP contribution in [0.2, 0.25) is 5.02 Å². The van der Waals surface area contributed by atoms with E-state index in [2.05, 4.69) is 0 Å². The van der Waals surface area contributed by atoms with Gasteiger partial charge in [-0.05, 0) is 6.07 Å². The monoisotopic (exact) mass is 200 g/mol. The molecule has 0 aliphatic heterocycles. The van der Waals surface area contributed by atoms with Crippen LogP contribution in [0.5, 0.6) is 5.75 Å². The summed E-state index contributed by atoms with van der Waals surface area (Å²) in [5, 5.41) is 20.9. The Morgan fingerprint density at radius 3 is 2.54 bits per heavy atom. The van der Waals surface area contributed by atoms with Crippen molar-refractivity contribution in [1.82, 2.24) is 0 Å². The minimum Gasteiger partial charge on any atom is -0.872 e. The first-order valence-electron chi connectivity index (χ1n) is 3.16. The van der Waals surface area contributed by atoms with Crippen LogP contribution in [0.3, 0.4) is 0 Å². The maximum atomic E-state index is 10.9. The SMILES string of the molecule is O=Cc1cc([N+](=O)[O-])c(Cl)cc1[O-]. The van der Waals surface area contributed by atoms with Gasteiger partial charge in [0.25, 0.3) is 5.69 Å². The van der Waals surface area contributed by atoms with Crippen LogP contribution < -0.4 is 5.11 Å². The fraction of sp³-hybridized carbons (Fsp3) is 0. The number of aldehydes is 1. The number of nitrogens with zero attached hydrogens (tertiary/aromatic N) is 1. The normalized spacial score (nSPS) is 9.62. The summed E-state index contributed by atoms with van der Waals surface area (Å²) in [5.41, 5.74) is -0.709. The van der Waals surface area contributed by atoms with Gasteiger partial charge >= 0.3 is 0 Å². The lowest BCUT2D eigenvalue weighted by Crippen LogP contribution is -1.98. The Morgan fingerprint density at radius 1 is 1.46 bits per heavy atom. The number of hydrogen-bond acceptors (Lipinski definition) is 4. The molecular formula is C7H3ClNO4-. The number of benzene rings is 1. The van der Waals surface area contributed by atoms with Gasteiger partial charge in [0.05, 0.1) is 4.92 Å². The number of nitro groups is 1. The summed E-state index contributed by atoms with van der Waals surface area (Å²) in [4.78, 5) is 19.8. The predicted molar refractivity (Wildman–Crippen MR) is 42.9 cm³/mol. The maximum absolute atomic E-state index is 10.9. The van der Waals surface area contributed by atoms with E-state index in [1.807, 2.05) is 0 Å². The fourth-order valence-electron chi connectivity index (χ4n) is 0.792. The molecule has 6 heteroatoms. The smallest absolute Gasteiger partial charge is 0.288 e. The first-order chi connectivity index (χ1) is 6.06. The van der Waals surface area contributed by atoms with Crippen molar-refractivity contribution in [3.63, 3.8) is 0 Å². The van der Waals surface area contributed by atoms with E-state index < -0.39 is 16.4 Å². The Kier molecular flexibility index (Phi) is 2.48. The van der Waals surface area contributed by atoms with Crippen LogP contribution >= 0.6 is 11.6 Å². The number of rotatable bonds is 2. The predicted octanol–water partition coefficient (Wildman–Crippen LogP) is 1.13. The molecule has 0 unspecified atom stereocenters. The molecule has 1 aromatic rings. The van der Waals surface area contributed by atoms with Crippen LogP contribution in [0.25, 0.3) is 0 Å². The summed E-state index contributed by atoms with van der Waals surface area (Å²) in [6.07, 6.45) is 0.256. The Bertz CT molecular complexity index is 377. The van der Waals surface area contributed by atoms with Crippen molar-refractivity contribution in [3.05, 3.63) is 32.8 Å². The van der Waals surface area contributed by atoms with Crippen LogP contribution in [0.1, 0.15) is 10.4 Å². The first kappa shape index (κ1) is 9.47. The quantitative estimate of drug-likeness (QED) is 0.407. The largest absolute Gasteiger partial charge is 0.872 e. The van der Waals surface area contributed by atoms with Gasteiger partial charge in [0.2, 0.25) is 0 Å². The molecule has 68 valence electrons. The Labute approximate surface area is 77.7 Å². The van der Waals surface area contributed by atoms with Crippen molar-refractivity contribution in [2.45, 2.75) is 0 Å². The number of carbonyl (C=O) groups is 1. The van der Waals surface area contributed by atoms with Gasteiger partial charge in [-0.15, -0.1) is 0 Å². The molecule has 1 aromatic carbocycles. The lowest BCUT2D eigenvalue weighted by molar-refractivity contribution is -0.385. The lowest BCUT2D eigenvalue weighted by Gasteiger charge is -2.08. The zero-order valence-corrected chi connectivity index (χ0v) is 6.95. The zero-order valence-electron chi connectivity index (χ0n) is 6.19. The van der Waals surface area contributed by atoms with Gasteiger partial charge in [0.15, 0.2) is 0 Å². The van der Waals surface area contributed by atoms with Gasteiger partial charge in [0.1, 0.15) is 11.3 Å². The van der Waals surface area contributed by atoms with E-state index in [0.717, 1.165) is 12.1 Å². The van der Waals surface area contributed by atoms with Gasteiger partial charge in [-0.2, -0.15) is 0 Å². The van der Waals surface area contributed by atoms with E-state index in [4.69, 9.17) is 11.6 Å². The topological polar surface area (TPSA) is 83.3 Å². The molecule has 0 N–H and O–H groups in total. The highest BCUT2D eigenvalue weighted by Crippen LogP contribution is 2.29. The van der Waals surface area contributed by atoms with Gasteiger partial charge in [-0.25, -0.2) is 0 Å². The average molecular weight is 201 g/mol. The summed E-state index contributed by atoms with van der Waals surface area (Å²) in [7, 11) is 0. The van der Waals surface area contributed by atoms with Crippen LogP contribution in [0.4, 0.5) is 5.69 Å². The Morgan fingerprint density at radius 2 is 2.08 bits per heavy atom. The summed E-state index contributed by atoms with van der Waals surface area (Å²) in [6, 6.07) is 1.71. The van der Waals surface area contributed by atoms with Crippen LogP contribution in [0, 0.1) is 10.1 Å².